The van der Waals surface area contributed by atoms with E-state index in [1.54, 1.807) is 0 Å². The second kappa shape index (κ2) is 5.32. The van der Waals surface area contributed by atoms with Gasteiger partial charge < -0.3 is 11.1 Å². The maximum Gasteiger partial charge on any atom is 0.274 e. The Bertz CT molecular complexity index is 708. The van der Waals surface area contributed by atoms with E-state index < -0.39 is 23.2 Å². The number of benzene rings is 1. The van der Waals surface area contributed by atoms with Gasteiger partial charge in [0.1, 0.15) is 17.5 Å². The van der Waals surface area contributed by atoms with Crippen molar-refractivity contribution in [2.24, 2.45) is 0 Å². The summed E-state index contributed by atoms with van der Waals surface area (Å²) in [4.78, 5) is 15.6. The lowest BCUT2D eigenvalue weighted by molar-refractivity contribution is 0.102. The minimum Gasteiger partial charge on any atom is -0.397 e. The van der Waals surface area contributed by atoms with Crippen molar-refractivity contribution in [2.45, 2.75) is 0 Å². The van der Waals surface area contributed by atoms with E-state index >= 15 is 0 Å². The Morgan fingerprint density at radius 2 is 2.05 bits per heavy atom. The van der Waals surface area contributed by atoms with E-state index in [1.165, 1.54) is 18.3 Å². The molecule has 0 spiro atoms. The first-order valence-electron chi connectivity index (χ1n) is 5.44. The van der Waals surface area contributed by atoms with Gasteiger partial charge in [0.2, 0.25) is 0 Å². The third-order valence-electron chi connectivity index (χ3n) is 2.49. The lowest BCUT2D eigenvalue weighted by Gasteiger charge is -2.09. The average molecular weight is 274 g/mol. The van der Waals surface area contributed by atoms with Crippen LogP contribution in [0.3, 0.4) is 0 Å². The zero-order valence-corrected chi connectivity index (χ0v) is 10.0. The minimum absolute atomic E-state index is 0.0490. The van der Waals surface area contributed by atoms with Crippen molar-refractivity contribution in [3.63, 3.8) is 0 Å². The summed E-state index contributed by atoms with van der Waals surface area (Å²) in [5, 5.41) is 10.8. The van der Waals surface area contributed by atoms with Gasteiger partial charge in [-0.25, -0.2) is 13.8 Å². The SMILES string of the molecule is N#Cc1ccc(C(=O)Nc2c(N)ccc(F)c2F)nc1. The number of anilines is 2. The molecule has 0 saturated heterocycles. The molecular formula is C13H8F2N4O. The topological polar surface area (TPSA) is 91.8 Å². The summed E-state index contributed by atoms with van der Waals surface area (Å²) in [6, 6.07) is 6.52. The van der Waals surface area contributed by atoms with Crippen molar-refractivity contribution >= 4 is 17.3 Å². The lowest BCUT2D eigenvalue weighted by atomic mass is 10.2. The summed E-state index contributed by atoms with van der Waals surface area (Å²) in [6.07, 6.45) is 1.19. The predicted molar refractivity (Wildman–Crippen MR) is 67.7 cm³/mol. The van der Waals surface area contributed by atoms with Crippen molar-refractivity contribution in [3.05, 3.63) is 53.4 Å². The molecular weight excluding hydrogens is 266 g/mol. The van der Waals surface area contributed by atoms with Crippen molar-refractivity contribution in [1.29, 1.82) is 5.26 Å². The summed E-state index contributed by atoms with van der Waals surface area (Å²) in [5.74, 6) is -3.13. The van der Waals surface area contributed by atoms with Crippen molar-refractivity contribution < 1.29 is 13.6 Å². The molecule has 0 fully saturated rings. The molecule has 0 unspecified atom stereocenters. The number of hydrogen-bond acceptors (Lipinski definition) is 4. The van der Waals surface area contributed by atoms with Gasteiger partial charge in [-0.2, -0.15) is 5.26 Å². The zero-order valence-electron chi connectivity index (χ0n) is 10.0. The fourth-order valence-corrected chi connectivity index (χ4v) is 1.46. The average Bonchev–Trinajstić information content (AvgIpc) is 2.47. The van der Waals surface area contributed by atoms with Gasteiger partial charge in [0.05, 0.1) is 11.3 Å². The second-order valence-corrected chi connectivity index (χ2v) is 3.82. The van der Waals surface area contributed by atoms with Crippen molar-refractivity contribution in [1.82, 2.24) is 4.98 Å². The zero-order chi connectivity index (χ0) is 14.7. The van der Waals surface area contributed by atoms with E-state index in [1.807, 2.05) is 6.07 Å². The molecule has 0 saturated carbocycles. The first kappa shape index (κ1) is 13.4. The molecule has 2 rings (SSSR count). The highest BCUT2D eigenvalue weighted by Crippen LogP contribution is 2.24. The Kier molecular flexibility index (Phi) is 3.57. The number of hydrogen-bond donors (Lipinski definition) is 2. The molecule has 5 nitrogen and oxygen atoms in total. The van der Waals surface area contributed by atoms with Gasteiger partial charge >= 0.3 is 0 Å². The van der Waals surface area contributed by atoms with Crippen molar-refractivity contribution in [2.75, 3.05) is 11.1 Å². The summed E-state index contributed by atoms with van der Waals surface area (Å²) < 4.78 is 26.6. The molecule has 3 N–H and O–H groups in total. The van der Waals surface area contributed by atoms with E-state index in [-0.39, 0.29) is 16.9 Å². The fraction of sp³-hybridized carbons (Fsp3) is 0. The quantitative estimate of drug-likeness (QED) is 0.820. The predicted octanol–water partition coefficient (Wildman–Crippen LogP) is 2.07. The van der Waals surface area contributed by atoms with Gasteiger partial charge in [0.15, 0.2) is 11.6 Å². The fourth-order valence-electron chi connectivity index (χ4n) is 1.46. The first-order chi connectivity index (χ1) is 9.52. The van der Waals surface area contributed by atoms with E-state index in [2.05, 4.69) is 10.3 Å². The van der Waals surface area contributed by atoms with E-state index in [0.717, 1.165) is 12.1 Å². The molecule has 20 heavy (non-hydrogen) atoms. The van der Waals surface area contributed by atoms with Crippen LogP contribution in [0.2, 0.25) is 0 Å². The van der Waals surface area contributed by atoms with Crippen LogP contribution in [0.25, 0.3) is 0 Å². The van der Waals surface area contributed by atoms with Crippen LogP contribution in [0.4, 0.5) is 20.2 Å². The van der Waals surface area contributed by atoms with Crippen LogP contribution in [0.5, 0.6) is 0 Å². The summed E-state index contributed by atoms with van der Waals surface area (Å²) in [6.45, 7) is 0. The number of nitrogens with one attached hydrogen (secondary N) is 1. The molecule has 1 amide bonds. The maximum absolute atomic E-state index is 13.5. The maximum atomic E-state index is 13.5. The van der Waals surface area contributed by atoms with E-state index in [9.17, 15) is 13.6 Å². The van der Waals surface area contributed by atoms with Gasteiger partial charge in [-0.15, -0.1) is 0 Å². The second-order valence-electron chi connectivity index (χ2n) is 3.82. The smallest absolute Gasteiger partial charge is 0.274 e. The minimum atomic E-state index is -1.24. The van der Waals surface area contributed by atoms with Gasteiger partial charge in [0, 0.05) is 6.20 Å². The number of nitrogens with zero attached hydrogens (tertiary/aromatic N) is 2. The highest BCUT2D eigenvalue weighted by atomic mass is 19.2. The third-order valence-corrected chi connectivity index (χ3v) is 2.49. The normalized spacial score (nSPS) is 9.85. The number of carbonyl (C=O) groups is 1. The molecule has 1 aromatic heterocycles. The van der Waals surface area contributed by atoms with E-state index in [0.29, 0.717) is 0 Å². The summed E-state index contributed by atoms with van der Waals surface area (Å²) in [5.41, 5.74) is 5.16. The number of aromatic nitrogens is 1. The van der Waals surface area contributed by atoms with Gasteiger partial charge in [-0.1, -0.05) is 0 Å². The molecule has 0 aliphatic rings. The highest BCUT2D eigenvalue weighted by Gasteiger charge is 2.16. The largest absolute Gasteiger partial charge is 0.397 e. The Labute approximate surface area is 112 Å². The summed E-state index contributed by atoms with van der Waals surface area (Å²) >= 11 is 0. The Hall–Kier alpha value is -3.01. The number of rotatable bonds is 2. The molecule has 100 valence electrons. The van der Waals surface area contributed by atoms with Gasteiger partial charge in [0.25, 0.3) is 5.91 Å². The summed E-state index contributed by atoms with van der Waals surface area (Å²) in [7, 11) is 0. The number of nitriles is 1. The molecule has 1 heterocycles. The molecule has 0 bridgehead atoms. The van der Waals surface area contributed by atoms with Gasteiger partial charge in [-0.05, 0) is 24.3 Å². The highest BCUT2D eigenvalue weighted by molar-refractivity contribution is 6.04. The number of pyridine rings is 1. The number of halogens is 2. The van der Waals surface area contributed by atoms with Crippen LogP contribution in [-0.4, -0.2) is 10.9 Å². The molecule has 7 heteroatoms. The molecule has 0 aliphatic carbocycles. The van der Waals surface area contributed by atoms with Crippen LogP contribution in [0.15, 0.2) is 30.5 Å². The van der Waals surface area contributed by atoms with Crippen LogP contribution in [-0.2, 0) is 0 Å². The monoisotopic (exact) mass is 274 g/mol. The van der Waals surface area contributed by atoms with Crippen LogP contribution in [0, 0.1) is 23.0 Å². The van der Waals surface area contributed by atoms with Gasteiger partial charge in [-0.3, -0.25) is 4.79 Å². The van der Waals surface area contributed by atoms with Crippen molar-refractivity contribution in [3.8, 4) is 6.07 Å². The first-order valence-corrected chi connectivity index (χ1v) is 5.44. The molecule has 1 aromatic carbocycles. The number of nitrogens with two attached hydrogens (primary N) is 1. The number of nitrogen functional groups attached to an aromatic ring is 1. The molecule has 0 radical (unpaired) electrons. The third kappa shape index (κ3) is 2.54. The Morgan fingerprint density at radius 3 is 2.65 bits per heavy atom. The molecule has 2 aromatic rings. The molecule has 0 aliphatic heterocycles. The van der Waals surface area contributed by atoms with E-state index in [4.69, 9.17) is 11.0 Å². The lowest BCUT2D eigenvalue weighted by Crippen LogP contribution is -2.16. The van der Waals surface area contributed by atoms with Crippen LogP contribution < -0.4 is 11.1 Å². The number of carbonyl (C=O) groups excluding carboxylic acids is 1. The van der Waals surface area contributed by atoms with Crippen LogP contribution in [0.1, 0.15) is 16.1 Å². The number of amides is 1. The standard InChI is InChI=1S/C13H8F2N4O/c14-8-2-3-9(17)12(11(8)15)19-13(20)10-4-1-7(5-16)6-18-10/h1-4,6H,17H2,(H,19,20). The Balaban J connectivity index is 2.28. The molecule has 0 atom stereocenters. The Morgan fingerprint density at radius 1 is 1.30 bits per heavy atom. The van der Waals surface area contributed by atoms with Crippen LogP contribution >= 0.6 is 0 Å².